The molecule has 1 heterocycles. The second-order valence-electron chi connectivity index (χ2n) is 7.72. The van der Waals surface area contributed by atoms with Crippen LogP contribution < -0.4 is 5.32 Å². The highest BCUT2D eigenvalue weighted by Gasteiger charge is 2.26. The summed E-state index contributed by atoms with van der Waals surface area (Å²) < 4.78 is 0. The molecular formula is C24H30N2O2. The van der Waals surface area contributed by atoms with E-state index < -0.39 is 0 Å². The van der Waals surface area contributed by atoms with Crippen LogP contribution >= 0.6 is 0 Å². The van der Waals surface area contributed by atoms with Gasteiger partial charge in [-0.15, -0.1) is 0 Å². The van der Waals surface area contributed by atoms with E-state index in [1.54, 1.807) is 12.1 Å². The Morgan fingerprint density at radius 1 is 1.00 bits per heavy atom. The molecule has 0 spiro atoms. The van der Waals surface area contributed by atoms with Gasteiger partial charge in [0.05, 0.1) is 5.56 Å². The molecule has 2 aromatic rings. The molecule has 1 amide bonds. The van der Waals surface area contributed by atoms with Crippen molar-refractivity contribution in [2.45, 2.75) is 33.6 Å². The Labute approximate surface area is 167 Å². The smallest absolute Gasteiger partial charge is 0.254 e. The molecule has 4 nitrogen and oxygen atoms in total. The number of benzene rings is 2. The minimum Gasteiger partial charge on any atom is -0.339 e. The third kappa shape index (κ3) is 4.50. The van der Waals surface area contributed by atoms with Crippen molar-refractivity contribution < 1.29 is 9.59 Å². The molecule has 1 aliphatic rings. The van der Waals surface area contributed by atoms with Crippen LogP contribution in [-0.4, -0.2) is 42.8 Å². The van der Waals surface area contributed by atoms with Gasteiger partial charge < -0.3 is 10.2 Å². The van der Waals surface area contributed by atoms with Crippen molar-refractivity contribution in [1.29, 1.82) is 0 Å². The first-order valence-electron chi connectivity index (χ1n) is 10.2. The van der Waals surface area contributed by atoms with Gasteiger partial charge in [-0.2, -0.15) is 0 Å². The number of nitrogens with zero attached hydrogens (tertiary/aromatic N) is 1. The molecule has 0 aliphatic carbocycles. The van der Waals surface area contributed by atoms with E-state index in [2.05, 4.69) is 12.2 Å². The lowest BCUT2D eigenvalue weighted by molar-refractivity contribution is 0.0687. The number of ketones is 1. The zero-order valence-electron chi connectivity index (χ0n) is 17.1. The molecule has 1 N–H and O–H groups in total. The molecule has 0 aromatic heterocycles. The van der Waals surface area contributed by atoms with Crippen molar-refractivity contribution in [1.82, 2.24) is 10.2 Å². The van der Waals surface area contributed by atoms with E-state index in [0.29, 0.717) is 22.6 Å². The average Bonchev–Trinajstić information content (AvgIpc) is 2.73. The molecule has 0 radical (unpaired) electrons. The predicted octanol–water partition coefficient (Wildman–Crippen LogP) is 4.00. The number of hydrogen-bond acceptors (Lipinski definition) is 3. The maximum absolute atomic E-state index is 13.2. The second-order valence-corrected chi connectivity index (χ2v) is 7.72. The van der Waals surface area contributed by atoms with Crippen LogP contribution in [0.25, 0.3) is 0 Å². The van der Waals surface area contributed by atoms with Gasteiger partial charge in [0, 0.05) is 24.2 Å². The molecule has 28 heavy (non-hydrogen) atoms. The molecule has 2 aromatic carbocycles. The second kappa shape index (κ2) is 9.16. The normalized spacial score (nSPS) is 14.9. The maximum Gasteiger partial charge on any atom is 0.254 e. The summed E-state index contributed by atoms with van der Waals surface area (Å²) in [5, 5.41) is 3.40. The summed E-state index contributed by atoms with van der Waals surface area (Å²) in [5.41, 5.74) is 3.87. The number of amides is 1. The highest BCUT2D eigenvalue weighted by atomic mass is 16.2. The summed E-state index contributed by atoms with van der Waals surface area (Å²) in [7, 11) is 0. The number of carbonyl (C=O) groups excluding carboxylic acids is 2. The van der Waals surface area contributed by atoms with Gasteiger partial charge in [0.25, 0.3) is 5.91 Å². The average molecular weight is 379 g/mol. The molecule has 4 heteroatoms. The van der Waals surface area contributed by atoms with Crippen LogP contribution in [0.3, 0.4) is 0 Å². The van der Waals surface area contributed by atoms with E-state index in [1.165, 1.54) is 0 Å². The molecule has 0 saturated carbocycles. The Balaban J connectivity index is 1.77. The first-order chi connectivity index (χ1) is 13.5. The van der Waals surface area contributed by atoms with Crippen LogP contribution in [0.1, 0.15) is 57.2 Å². The zero-order valence-corrected chi connectivity index (χ0v) is 17.1. The molecule has 148 valence electrons. The van der Waals surface area contributed by atoms with Gasteiger partial charge in [-0.05, 0) is 69.0 Å². The number of carbonyl (C=O) groups is 2. The third-order valence-corrected chi connectivity index (χ3v) is 5.76. The van der Waals surface area contributed by atoms with E-state index in [1.807, 2.05) is 49.1 Å². The first-order valence-corrected chi connectivity index (χ1v) is 10.2. The number of likely N-dealkylation sites (tertiary alicyclic amines) is 1. The van der Waals surface area contributed by atoms with Gasteiger partial charge in [0.15, 0.2) is 5.78 Å². The van der Waals surface area contributed by atoms with Crippen LogP contribution in [0.15, 0.2) is 42.5 Å². The number of piperidine rings is 1. The fourth-order valence-electron chi connectivity index (χ4n) is 3.76. The van der Waals surface area contributed by atoms with Crippen LogP contribution in [0.2, 0.25) is 0 Å². The van der Waals surface area contributed by atoms with E-state index in [0.717, 1.165) is 50.1 Å². The fraction of sp³-hybridized carbons (Fsp3) is 0.417. The Bertz CT molecular complexity index is 851. The van der Waals surface area contributed by atoms with Crippen LogP contribution in [0.4, 0.5) is 0 Å². The molecule has 0 bridgehead atoms. The van der Waals surface area contributed by atoms with Crippen molar-refractivity contribution in [2.24, 2.45) is 5.92 Å². The lowest BCUT2D eigenvalue weighted by atomic mass is 9.93. The van der Waals surface area contributed by atoms with Crippen LogP contribution in [-0.2, 0) is 0 Å². The minimum atomic E-state index is -0.0888. The summed E-state index contributed by atoms with van der Waals surface area (Å²) in [6.45, 7) is 9.64. The molecule has 0 atom stereocenters. The summed E-state index contributed by atoms with van der Waals surface area (Å²) in [6, 6.07) is 12.9. The largest absolute Gasteiger partial charge is 0.339 e. The minimum absolute atomic E-state index is 0.0327. The van der Waals surface area contributed by atoms with Gasteiger partial charge >= 0.3 is 0 Å². The quantitative estimate of drug-likeness (QED) is 0.773. The van der Waals surface area contributed by atoms with Gasteiger partial charge in [0.2, 0.25) is 0 Å². The van der Waals surface area contributed by atoms with Gasteiger partial charge in [0.1, 0.15) is 0 Å². The third-order valence-electron chi connectivity index (χ3n) is 5.76. The van der Waals surface area contributed by atoms with E-state index in [9.17, 15) is 9.59 Å². The molecule has 0 unspecified atom stereocenters. The molecule has 1 saturated heterocycles. The zero-order chi connectivity index (χ0) is 20.1. The monoisotopic (exact) mass is 378 g/mol. The van der Waals surface area contributed by atoms with Gasteiger partial charge in [-0.25, -0.2) is 0 Å². The van der Waals surface area contributed by atoms with Crippen molar-refractivity contribution in [3.05, 3.63) is 70.3 Å². The summed E-state index contributed by atoms with van der Waals surface area (Å²) in [4.78, 5) is 28.2. The van der Waals surface area contributed by atoms with Crippen molar-refractivity contribution in [3.8, 4) is 0 Å². The Morgan fingerprint density at radius 2 is 1.68 bits per heavy atom. The van der Waals surface area contributed by atoms with Crippen LogP contribution in [0.5, 0.6) is 0 Å². The SMILES string of the molecule is CCNCC1CCN(C(=O)c2ccccc2C(=O)c2ccc(C)c(C)c2)CC1. The van der Waals surface area contributed by atoms with Gasteiger partial charge in [-0.1, -0.05) is 37.3 Å². The Morgan fingerprint density at radius 3 is 2.32 bits per heavy atom. The topological polar surface area (TPSA) is 49.4 Å². The van der Waals surface area contributed by atoms with Crippen LogP contribution in [0, 0.1) is 19.8 Å². The standard InChI is InChI=1S/C24H30N2O2/c1-4-25-16-19-11-13-26(14-12-19)24(28)22-8-6-5-7-21(22)23(27)20-10-9-17(2)18(3)15-20/h5-10,15,19,25H,4,11-14,16H2,1-3H3. The van der Waals surface area contributed by atoms with Gasteiger partial charge in [-0.3, -0.25) is 9.59 Å². The first kappa shape index (κ1) is 20.3. The van der Waals surface area contributed by atoms with Crippen molar-refractivity contribution in [3.63, 3.8) is 0 Å². The lowest BCUT2D eigenvalue weighted by Crippen LogP contribution is -2.41. The van der Waals surface area contributed by atoms with E-state index in [-0.39, 0.29) is 11.7 Å². The summed E-state index contributed by atoms with van der Waals surface area (Å²) in [5.74, 6) is 0.500. The molecule has 3 rings (SSSR count). The van der Waals surface area contributed by atoms with E-state index in [4.69, 9.17) is 0 Å². The van der Waals surface area contributed by atoms with Crippen molar-refractivity contribution in [2.75, 3.05) is 26.2 Å². The summed E-state index contributed by atoms with van der Waals surface area (Å²) in [6.07, 6.45) is 2.01. The highest BCUT2D eigenvalue weighted by Crippen LogP contribution is 2.22. The molecular weight excluding hydrogens is 348 g/mol. The fourth-order valence-corrected chi connectivity index (χ4v) is 3.76. The number of aryl methyl sites for hydroxylation is 2. The maximum atomic E-state index is 13.2. The number of nitrogens with one attached hydrogen (secondary N) is 1. The lowest BCUT2D eigenvalue weighted by Gasteiger charge is -2.32. The van der Waals surface area contributed by atoms with E-state index >= 15 is 0 Å². The Hall–Kier alpha value is -2.46. The van der Waals surface area contributed by atoms with Crippen molar-refractivity contribution >= 4 is 11.7 Å². The number of rotatable bonds is 6. The molecule has 1 fully saturated rings. The molecule has 1 aliphatic heterocycles. The number of hydrogen-bond donors (Lipinski definition) is 1. The Kier molecular flexibility index (Phi) is 6.63. The highest BCUT2D eigenvalue weighted by molar-refractivity contribution is 6.15. The summed E-state index contributed by atoms with van der Waals surface area (Å²) >= 11 is 0. The predicted molar refractivity (Wildman–Crippen MR) is 113 cm³/mol.